The van der Waals surface area contributed by atoms with Gasteiger partial charge in [0.15, 0.2) is 0 Å². The van der Waals surface area contributed by atoms with Gasteiger partial charge in [-0.15, -0.1) is 0 Å². The molecule has 6 nitrogen and oxygen atoms in total. The van der Waals surface area contributed by atoms with Gasteiger partial charge < -0.3 is 9.47 Å². The van der Waals surface area contributed by atoms with Crippen molar-refractivity contribution in [1.82, 2.24) is 4.72 Å². The molecule has 27 heavy (non-hydrogen) atoms. The molecule has 0 saturated carbocycles. The molecule has 0 aliphatic heterocycles. The van der Waals surface area contributed by atoms with Gasteiger partial charge in [0.25, 0.3) is 0 Å². The Hall–Kier alpha value is -2.09. The Morgan fingerprint density at radius 3 is 2.48 bits per heavy atom. The second-order valence-corrected chi connectivity index (χ2v) is 8.11. The van der Waals surface area contributed by atoms with Crippen LogP contribution in [0.3, 0.4) is 0 Å². The Bertz CT molecular complexity index is 881. The molecule has 2 aromatic rings. The molecule has 8 heteroatoms. The van der Waals surface area contributed by atoms with Crippen molar-refractivity contribution in [2.45, 2.75) is 25.2 Å². The van der Waals surface area contributed by atoms with E-state index in [2.05, 4.69) is 4.72 Å². The van der Waals surface area contributed by atoms with Crippen molar-refractivity contribution in [3.63, 3.8) is 0 Å². The van der Waals surface area contributed by atoms with E-state index in [1.165, 1.54) is 0 Å². The summed E-state index contributed by atoms with van der Waals surface area (Å²) in [5.74, 6) is 0.120. The predicted octanol–water partition coefficient (Wildman–Crippen LogP) is 3.25. The summed E-state index contributed by atoms with van der Waals surface area (Å²) in [7, 11) is -3.67. The maximum atomic E-state index is 12.3. The van der Waals surface area contributed by atoms with Crippen molar-refractivity contribution >= 4 is 27.6 Å². The summed E-state index contributed by atoms with van der Waals surface area (Å²) >= 11 is 5.78. The molecule has 0 spiro atoms. The van der Waals surface area contributed by atoms with E-state index < -0.39 is 16.0 Å². The summed E-state index contributed by atoms with van der Waals surface area (Å²) in [6.45, 7) is 3.78. The highest BCUT2D eigenvalue weighted by molar-refractivity contribution is 7.89. The summed E-state index contributed by atoms with van der Waals surface area (Å²) in [5, 5.41) is 0.608. The van der Waals surface area contributed by atoms with E-state index in [1.807, 2.05) is 13.0 Å². The van der Waals surface area contributed by atoms with Crippen molar-refractivity contribution in [2.24, 2.45) is 0 Å². The Morgan fingerprint density at radius 2 is 1.78 bits per heavy atom. The number of nitrogens with one attached hydrogen (secondary N) is 1. The number of carbonyl (C=O) groups is 1. The maximum Gasteiger partial charge on any atom is 0.307 e. The van der Waals surface area contributed by atoms with Crippen molar-refractivity contribution in [3.8, 4) is 5.75 Å². The summed E-state index contributed by atoms with van der Waals surface area (Å²) < 4.78 is 37.5. The molecule has 0 aliphatic carbocycles. The molecule has 2 aromatic carbocycles. The summed E-state index contributed by atoms with van der Waals surface area (Å²) in [4.78, 5) is 11.9. The van der Waals surface area contributed by atoms with Gasteiger partial charge in [-0.25, -0.2) is 13.1 Å². The minimum absolute atomic E-state index is 0.0351. The zero-order valence-electron chi connectivity index (χ0n) is 15.2. The summed E-state index contributed by atoms with van der Waals surface area (Å²) in [6.07, 6.45) is -0.0644. The van der Waals surface area contributed by atoms with Crippen LogP contribution in [0.4, 0.5) is 0 Å². The first kappa shape index (κ1) is 21.2. The Morgan fingerprint density at radius 1 is 1.07 bits per heavy atom. The standard InChI is InChI=1S/C19H22ClNO5S/c1-14-3-4-15(2)18(13-14)27(23,24)21-10-9-19(22)26-12-11-25-17-7-5-16(20)6-8-17/h3-8,13,21H,9-12H2,1-2H3. The first-order valence-electron chi connectivity index (χ1n) is 8.39. The van der Waals surface area contributed by atoms with E-state index in [0.29, 0.717) is 16.3 Å². The van der Waals surface area contributed by atoms with E-state index in [4.69, 9.17) is 21.1 Å². The monoisotopic (exact) mass is 411 g/mol. The van der Waals surface area contributed by atoms with Gasteiger partial charge in [0.2, 0.25) is 10.0 Å². The quantitative estimate of drug-likeness (QED) is 0.506. The second kappa shape index (κ2) is 9.73. The van der Waals surface area contributed by atoms with Gasteiger partial charge in [-0.05, 0) is 55.3 Å². The fourth-order valence-corrected chi connectivity index (χ4v) is 3.77. The minimum atomic E-state index is -3.67. The fourth-order valence-electron chi connectivity index (χ4n) is 2.28. The number of esters is 1. The van der Waals surface area contributed by atoms with Crippen LogP contribution in [0.2, 0.25) is 5.02 Å². The zero-order chi connectivity index (χ0) is 19.9. The van der Waals surface area contributed by atoms with Gasteiger partial charge in [-0.3, -0.25) is 4.79 Å². The van der Waals surface area contributed by atoms with Crippen LogP contribution < -0.4 is 9.46 Å². The molecule has 0 amide bonds. The first-order valence-corrected chi connectivity index (χ1v) is 10.2. The molecule has 0 radical (unpaired) electrons. The highest BCUT2D eigenvalue weighted by atomic mass is 35.5. The van der Waals surface area contributed by atoms with Gasteiger partial charge in [0.05, 0.1) is 11.3 Å². The van der Waals surface area contributed by atoms with Crippen molar-refractivity contribution in [2.75, 3.05) is 19.8 Å². The SMILES string of the molecule is Cc1ccc(C)c(S(=O)(=O)NCCC(=O)OCCOc2ccc(Cl)cc2)c1. The van der Waals surface area contributed by atoms with E-state index >= 15 is 0 Å². The smallest absolute Gasteiger partial charge is 0.307 e. The lowest BCUT2D eigenvalue weighted by molar-refractivity contribution is -0.144. The molecular formula is C19H22ClNO5S. The molecule has 0 unspecified atom stereocenters. The van der Waals surface area contributed by atoms with E-state index in [9.17, 15) is 13.2 Å². The fraction of sp³-hybridized carbons (Fsp3) is 0.316. The molecule has 0 saturated heterocycles. The molecular weight excluding hydrogens is 390 g/mol. The predicted molar refractivity (Wildman–Crippen MR) is 104 cm³/mol. The second-order valence-electron chi connectivity index (χ2n) is 5.94. The molecule has 0 aromatic heterocycles. The average molecular weight is 412 g/mol. The molecule has 0 fully saturated rings. The summed E-state index contributed by atoms with van der Waals surface area (Å²) in [6, 6.07) is 12.0. The Labute approximate surface area is 164 Å². The normalized spacial score (nSPS) is 11.2. The summed E-state index contributed by atoms with van der Waals surface area (Å²) in [5.41, 5.74) is 1.50. The van der Waals surface area contributed by atoms with E-state index in [1.54, 1.807) is 43.3 Å². The third-order valence-corrected chi connectivity index (χ3v) is 5.54. The number of ether oxygens (including phenoxy) is 2. The van der Waals surface area contributed by atoms with E-state index in [0.717, 1.165) is 5.56 Å². The van der Waals surface area contributed by atoms with Crippen LogP contribution in [-0.4, -0.2) is 34.1 Å². The van der Waals surface area contributed by atoms with Crippen molar-refractivity contribution in [3.05, 3.63) is 58.6 Å². The molecule has 0 atom stereocenters. The number of hydrogen-bond acceptors (Lipinski definition) is 5. The van der Waals surface area contributed by atoms with Gasteiger partial charge >= 0.3 is 5.97 Å². The van der Waals surface area contributed by atoms with Crippen LogP contribution in [0.5, 0.6) is 5.75 Å². The van der Waals surface area contributed by atoms with Crippen molar-refractivity contribution < 1.29 is 22.7 Å². The van der Waals surface area contributed by atoms with Crippen LogP contribution in [-0.2, 0) is 19.6 Å². The molecule has 146 valence electrons. The highest BCUT2D eigenvalue weighted by Crippen LogP contribution is 2.17. The number of sulfonamides is 1. The molecule has 1 N–H and O–H groups in total. The van der Waals surface area contributed by atoms with Crippen LogP contribution >= 0.6 is 11.6 Å². The largest absolute Gasteiger partial charge is 0.490 e. The van der Waals surface area contributed by atoms with Gasteiger partial charge in [0, 0.05) is 11.6 Å². The van der Waals surface area contributed by atoms with Gasteiger partial charge in [0.1, 0.15) is 19.0 Å². The van der Waals surface area contributed by atoms with Crippen LogP contribution in [0.15, 0.2) is 47.4 Å². The minimum Gasteiger partial charge on any atom is -0.490 e. The number of aryl methyl sites for hydroxylation is 2. The van der Waals surface area contributed by atoms with Gasteiger partial charge in [-0.1, -0.05) is 23.7 Å². The molecule has 0 heterocycles. The lowest BCUT2D eigenvalue weighted by Gasteiger charge is -2.10. The third-order valence-electron chi connectivity index (χ3n) is 3.68. The molecule has 0 bridgehead atoms. The zero-order valence-corrected chi connectivity index (χ0v) is 16.8. The number of halogens is 1. The average Bonchev–Trinajstić information content (AvgIpc) is 2.62. The highest BCUT2D eigenvalue weighted by Gasteiger charge is 2.17. The first-order chi connectivity index (χ1) is 12.8. The lowest BCUT2D eigenvalue weighted by Crippen LogP contribution is -2.27. The number of carbonyl (C=O) groups excluding carboxylic acids is 1. The Balaban J connectivity index is 1.70. The van der Waals surface area contributed by atoms with Gasteiger partial charge in [-0.2, -0.15) is 0 Å². The van der Waals surface area contributed by atoms with Crippen molar-refractivity contribution in [1.29, 1.82) is 0 Å². The third kappa shape index (κ3) is 6.86. The molecule has 2 rings (SSSR count). The van der Waals surface area contributed by atoms with E-state index in [-0.39, 0.29) is 31.1 Å². The topological polar surface area (TPSA) is 81.7 Å². The number of rotatable bonds is 9. The van der Waals surface area contributed by atoms with Crippen LogP contribution in [0.1, 0.15) is 17.5 Å². The van der Waals surface area contributed by atoms with Crippen LogP contribution in [0.25, 0.3) is 0 Å². The Kier molecular flexibility index (Phi) is 7.65. The lowest BCUT2D eigenvalue weighted by atomic mass is 10.2. The maximum absolute atomic E-state index is 12.3. The number of benzene rings is 2. The van der Waals surface area contributed by atoms with Crippen LogP contribution in [0, 0.1) is 13.8 Å². The number of hydrogen-bond donors (Lipinski definition) is 1. The molecule has 0 aliphatic rings.